The van der Waals surface area contributed by atoms with Gasteiger partial charge in [0.1, 0.15) is 20.2 Å². The third-order valence-electron chi connectivity index (χ3n) is 4.99. The molecule has 2 aliphatic carbocycles. The molecule has 25 heavy (non-hydrogen) atoms. The number of hydrogen-bond acceptors (Lipinski definition) is 2. The smallest absolute Gasteiger partial charge is 0.143 e. The van der Waals surface area contributed by atoms with E-state index >= 15 is 0 Å². The van der Waals surface area contributed by atoms with Crippen LogP contribution in [0.3, 0.4) is 0 Å². The van der Waals surface area contributed by atoms with Crippen LogP contribution in [0, 0.1) is 18.8 Å². The van der Waals surface area contributed by atoms with Crippen LogP contribution in [0.25, 0.3) is 4.13 Å². The highest BCUT2D eigenvalue weighted by atomic mass is 32.3. The number of rotatable bonds is 5. The Bertz CT molecular complexity index is 876. The summed E-state index contributed by atoms with van der Waals surface area (Å²) in [5.74, 6) is 1.04. The molecule has 0 aromatic heterocycles. The lowest BCUT2D eigenvalue weighted by atomic mass is 10.1. The van der Waals surface area contributed by atoms with E-state index in [9.17, 15) is 8.42 Å². The Balaban J connectivity index is 1.67. The highest BCUT2D eigenvalue weighted by Crippen LogP contribution is 2.47. The first-order chi connectivity index (χ1) is 12.0. The number of nitrogens with zero attached hydrogens (tertiary/aromatic N) is 1. The maximum atomic E-state index is 12.9. The molecule has 2 aromatic carbocycles. The predicted octanol–water partition coefficient (Wildman–Crippen LogP) is 4.61. The van der Waals surface area contributed by atoms with Crippen LogP contribution in [0.1, 0.15) is 18.4 Å². The molecule has 5 heteroatoms. The molecular weight excluding hydrogens is 350 g/mol. The van der Waals surface area contributed by atoms with E-state index in [4.69, 9.17) is 0 Å². The minimum atomic E-state index is -3.67. The summed E-state index contributed by atoms with van der Waals surface area (Å²) in [4.78, 5) is 1.30. The number of hydrogen-bond donors (Lipinski definition) is 0. The van der Waals surface area contributed by atoms with Crippen LogP contribution < -0.4 is 0 Å². The zero-order chi connectivity index (χ0) is 17.4. The van der Waals surface area contributed by atoms with Crippen molar-refractivity contribution in [3.63, 3.8) is 0 Å². The highest BCUT2D eigenvalue weighted by molar-refractivity contribution is 8.15. The first kappa shape index (κ1) is 16.9. The average molecular weight is 372 g/mol. The SMILES string of the molecule is Cc1ccc(S(=O)(=O)[N-][S+](c2ccccc2)[C@H]2C[C@H]3C=C[C@@H]2C3)cc1. The van der Waals surface area contributed by atoms with E-state index in [-0.39, 0.29) is 10.1 Å². The fourth-order valence-corrected chi connectivity index (χ4v) is 7.88. The van der Waals surface area contributed by atoms with Crippen molar-refractivity contribution in [3.05, 3.63) is 76.4 Å². The zero-order valence-corrected chi connectivity index (χ0v) is 15.7. The fourth-order valence-electron chi connectivity index (χ4n) is 3.68. The molecule has 0 aliphatic heterocycles. The summed E-state index contributed by atoms with van der Waals surface area (Å²) < 4.78 is 30.3. The summed E-state index contributed by atoms with van der Waals surface area (Å²) >= 11 is -0.652. The van der Waals surface area contributed by atoms with Gasteiger partial charge in [-0.25, -0.2) is 8.42 Å². The van der Waals surface area contributed by atoms with Crippen molar-refractivity contribution in [1.29, 1.82) is 0 Å². The van der Waals surface area contributed by atoms with E-state index in [1.54, 1.807) is 12.1 Å². The second-order valence-electron chi connectivity index (χ2n) is 6.81. The average Bonchev–Trinajstić information content (AvgIpc) is 3.24. The number of benzene rings is 2. The van der Waals surface area contributed by atoms with Crippen molar-refractivity contribution in [3.8, 4) is 0 Å². The van der Waals surface area contributed by atoms with Crippen molar-refractivity contribution < 1.29 is 8.42 Å². The summed E-state index contributed by atoms with van der Waals surface area (Å²) in [6.45, 7) is 1.95. The van der Waals surface area contributed by atoms with Gasteiger partial charge in [-0.3, -0.25) is 0 Å². The maximum Gasteiger partial charge on any atom is 0.143 e. The van der Waals surface area contributed by atoms with Gasteiger partial charge in [-0.1, -0.05) is 48.0 Å². The van der Waals surface area contributed by atoms with Gasteiger partial charge in [0.15, 0.2) is 0 Å². The van der Waals surface area contributed by atoms with Gasteiger partial charge in [0.25, 0.3) is 0 Å². The molecule has 4 rings (SSSR count). The molecule has 2 bridgehead atoms. The number of fused-ring (bicyclic) bond motifs is 2. The van der Waals surface area contributed by atoms with Gasteiger partial charge in [-0.05, 0) is 54.6 Å². The van der Waals surface area contributed by atoms with Crippen LogP contribution >= 0.6 is 0 Å². The normalized spacial score (nSPS) is 26.0. The molecule has 130 valence electrons. The van der Waals surface area contributed by atoms with E-state index in [0.717, 1.165) is 23.3 Å². The van der Waals surface area contributed by atoms with Crippen molar-refractivity contribution in [1.82, 2.24) is 0 Å². The largest absolute Gasteiger partial charge is 0.307 e. The molecule has 1 fully saturated rings. The third kappa shape index (κ3) is 3.41. The minimum absolute atomic E-state index is 0.283. The fraction of sp³-hybridized carbons (Fsp3) is 0.300. The third-order valence-corrected chi connectivity index (χ3v) is 9.15. The molecule has 0 saturated heterocycles. The lowest BCUT2D eigenvalue weighted by Crippen LogP contribution is -2.27. The van der Waals surface area contributed by atoms with Crippen molar-refractivity contribution in [2.45, 2.75) is 34.8 Å². The minimum Gasteiger partial charge on any atom is -0.307 e. The Morgan fingerprint density at radius 1 is 0.960 bits per heavy atom. The summed E-state index contributed by atoms with van der Waals surface area (Å²) in [7, 11) is -3.67. The summed E-state index contributed by atoms with van der Waals surface area (Å²) in [5, 5.41) is 0.289. The molecule has 1 saturated carbocycles. The maximum absolute atomic E-state index is 12.9. The van der Waals surface area contributed by atoms with Gasteiger partial charge in [-0.2, -0.15) is 0 Å². The number of sulfonamides is 1. The Morgan fingerprint density at radius 3 is 2.28 bits per heavy atom. The predicted molar refractivity (Wildman–Crippen MR) is 103 cm³/mol. The van der Waals surface area contributed by atoms with Crippen LogP contribution in [-0.2, 0) is 21.1 Å². The molecule has 1 unspecified atom stereocenters. The quantitative estimate of drug-likeness (QED) is 0.569. The molecule has 2 aromatic rings. The van der Waals surface area contributed by atoms with Crippen molar-refractivity contribution >= 4 is 21.1 Å². The van der Waals surface area contributed by atoms with E-state index in [1.165, 1.54) is 0 Å². The van der Waals surface area contributed by atoms with Gasteiger partial charge < -0.3 is 4.13 Å². The Hall–Kier alpha value is -1.56. The van der Waals surface area contributed by atoms with E-state index in [1.807, 2.05) is 49.4 Å². The molecule has 0 N–H and O–H groups in total. The van der Waals surface area contributed by atoms with Crippen LogP contribution in [0.4, 0.5) is 0 Å². The second kappa shape index (κ2) is 6.63. The lowest BCUT2D eigenvalue weighted by molar-refractivity contribution is 0.604. The van der Waals surface area contributed by atoms with Gasteiger partial charge in [0.05, 0.1) is 4.90 Å². The van der Waals surface area contributed by atoms with Crippen molar-refractivity contribution in [2.75, 3.05) is 0 Å². The molecule has 3 nitrogen and oxygen atoms in total. The molecule has 0 heterocycles. The molecule has 0 amide bonds. The second-order valence-corrected chi connectivity index (χ2v) is 10.5. The molecule has 2 aliphatic rings. The van der Waals surface area contributed by atoms with E-state index in [2.05, 4.69) is 16.3 Å². The molecular formula is C20H21NO2S2. The zero-order valence-electron chi connectivity index (χ0n) is 14.1. The highest BCUT2D eigenvalue weighted by Gasteiger charge is 2.44. The first-order valence-corrected chi connectivity index (χ1v) is 11.2. The molecule has 0 spiro atoms. The van der Waals surface area contributed by atoms with Gasteiger partial charge in [-0.15, -0.1) is 0 Å². The summed E-state index contributed by atoms with van der Waals surface area (Å²) in [6.07, 6.45) is 6.71. The van der Waals surface area contributed by atoms with Crippen LogP contribution in [-0.4, -0.2) is 13.7 Å². The van der Waals surface area contributed by atoms with Gasteiger partial charge >= 0.3 is 0 Å². The van der Waals surface area contributed by atoms with Gasteiger partial charge in [0, 0.05) is 12.3 Å². The van der Waals surface area contributed by atoms with Crippen LogP contribution in [0.15, 0.2) is 76.5 Å². The standard InChI is InChI=1S/C20H21NO2S2/c1-15-7-11-19(12-8-15)25(22,23)21-24(18-5-3-2-4-6-18)20-14-16-9-10-17(20)13-16/h2-12,16-17,20H,13-14H2,1H3/t16-,17+,20-,24?/m0/s1. The Labute approximate surface area is 152 Å². The first-order valence-electron chi connectivity index (χ1n) is 8.54. The topological polar surface area (TPSA) is 48.2 Å². The van der Waals surface area contributed by atoms with Gasteiger partial charge in [0.2, 0.25) is 0 Å². The van der Waals surface area contributed by atoms with Crippen LogP contribution in [0.5, 0.6) is 0 Å². The number of allylic oxidation sites excluding steroid dienone is 2. The lowest BCUT2D eigenvalue weighted by Gasteiger charge is -2.29. The summed E-state index contributed by atoms with van der Waals surface area (Å²) in [6, 6.07) is 16.9. The van der Waals surface area contributed by atoms with Crippen molar-refractivity contribution in [2.24, 2.45) is 11.8 Å². The Morgan fingerprint density at radius 2 is 1.68 bits per heavy atom. The molecule has 0 radical (unpaired) electrons. The molecule has 4 atom stereocenters. The summed E-state index contributed by atoms with van der Waals surface area (Å²) in [5.41, 5.74) is 1.04. The van der Waals surface area contributed by atoms with E-state index in [0.29, 0.717) is 11.8 Å². The van der Waals surface area contributed by atoms with Crippen LogP contribution in [0.2, 0.25) is 0 Å². The number of aryl methyl sites for hydroxylation is 1. The van der Waals surface area contributed by atoms with E-state index < -0.39 is 21.1 Å². The Kier molecular flexibility index (Phi) is 4.48. The monoisotopic (exact) mass is 371 g/mol.